The summed E-state index contributed by atoms with van der Waals surface area (Å²) in [6, 6.07) is 8.06. The Morgan fingerprint density at radius 2 is 2.17 bits per heavy atom. The molecule has 0 aliphatic carbocycles. The lowest BCUT2D eigenvalue weighted by molar-refractivity contribution is 0.154. The van der Waals surface area contributed by atoms with E-state index in [9.17, 15) is 0 Å². The van der Waals surface area contributed by atoms with Crippen LogP contribution in [0.3, 0.4) is 0 Å². The fourth-order valence-corrected chi connectivity index (χ4v) is 2.20. The highest BCUT2D eigenvalue weighted by Crippen LogP contribution is 2.21. The molecule has 1 fully saturated rings. The van der Waals surface area contributed by atoms with Crippen LogP contribution in [0.1, 0.15) is 12.8 Å². The van der Waals surface area contributed by atoms with Crippen molar-refractivity contribution < 1.29 is 4.74 Å². The minimum Gasteiger partial charge on any atom is -0.459 e. The molecular formula is C13H16N4O. The molecule has 1 aromatic carbocycles. The molecule has 3 N–H and O–H groups in total. The average molecular weight is 244 g/mol. The SMILES string of the molecule is Nc1nc(O[C@H]2CCCNC2)nc2ccccc12. The standard InChI is InChI=1S/C13H16N4O/c14-12-10-5-1-2-6-11(10)16-13(17-12)18-9-4-3-7-15-8-9/h1-2,5-6,9,15H,3-4,7-8H2,(H2,14,16,17)/t9-/m0/s1. The molecule has 0 radical (unpaired) electrons. The van der Waals surface area contributed by atoms with Crippen LogP contribution in [0.2, 0.25) is 0 Å². The molecule has 0 saturated carbocycles. The third-order valence-corrected chi connectivity index (χ3v) is 3.14. The first-order valence-electron chi connectivity index (χ1n) is 6.22. The molecule has 1 aromatic heterocycles. The summed E-state index contributed by atoms with van der Waals surface area (Å²) in [4.78, 5) is 8.60. The molecule has 0 spiro atoms. The number of para-hydroxylation sites is 1. The van der Waals surface area contributed by atoms with Gasteiger partial charge in [0.25, 0.3) is 0 Å². The number of hydrogen-bond donors (Lipinski definition) is 2. The summed E-state index contributed by atoms with van der Waals surface area (Å²) in [5.41, 5.74) is 6.74. The van der Waals surface area contributed by atoms with Crippen molar-refractivity contribution in [3.8, 4) is 6.01 Å². The number of nitrogens with two attached hydrogens (primary N) is 1. The number of ether oxygens (including phenoxy) is 1. The highest BCUT2D eigenvalue weighted by atomic mass is 16.5. The minimum absolute atomic E-state index is 0.138. The topological polar surface area (TPSA) is 73.1 Å². The second-order valence-electron chi connectivity index (χ2n) is 4.49. The Morgan fingerprint density at radius 1 is 1.28 bits per heavy atom. The molecule has 1 atom stereocenters. The average Bonchev–Trinajstić information content (AvgIpc) is 2.40. The van der Waals surface area contributed by atoms with Gasteiger partial charge in [0.15, 0.2) is 0 Å². The molecule has 2 heterocycles. The van der Waals surface area contributed by atoms with Gasteiger partial charge in [-0.2, -0.15) is 9.97 Å². The molecule has 1 saturated heterocycles. The largest absolute Gasteiger partial charge is 0.459 e. The Morgan fingerprint density at radius 3 is 3.00 bits per heavy atom. The molecule has 94 valence electrons. The molecule has 5 nitrogen and oxygen atoms in total. The second-order valence-corrected chi connectivity index (χ2v) is 4.49. The summed E-state index contributed by atoms with van der Waals surface area (Å²) < 4.78 is 5.78. The third kappa shape index (κ3) is 2.22. The number of rotatable bonds is 2. The number of nitrogens with one attached hydrogen (secondary N) is 1. The van der Waals surface area contributed by atoms with Gasteiger partial charge >= 0.3 is 6.01 Å². The smallest absolute Gasteiger partial charge is 0.319 e. The van der Waals surface area contributed by atoms with Gasteiger partial charge in [0, 0.05) is 11.9 Å². The number of piperidine rings is 1. The molecule has 2 aromatic rings. The lowest BCUT2D eigenvalue weighted by Crippen LogP contribution is -2.37. The second kappa shape index (κ2) is 4.78. The molecule has 1 aliphatic rings. The van der Waals surface area contributed by atoms with E-state index in [-0.39, 0.29) is 6.10 Å². The maximum Gasteiger partial charge on any atom is 0.319 e. The van der Waals surface area contributed by atoms with Crippen molar-refractivity contribution in [2.45, 2.75) is 18.9 Å². The molecule has 18 heavy (non-hydrogen) atoms. The Bertz CT molecular complexity index is 552. The van der Waals surface area contributed by atoms with Gasteiger partial charge in [-0.1, -0.05) is 12.1 Å². The van der Waals surface area contributed by atoms with Crippen LogP contribution in [-0.2, 0) is 0 Å². The van der Waals surface area contributed by atoms with Gasteiger partial charge in [-0.05, 0) is 31.5 Å². The minimum atomic E-state index is 0.138. The summed E-state index contributed by atoms with van der Waals surface area (Å²) in [7, 11) is 0. The zero-order valence-electron chi connectivity index (χ0n) is 10.1. The van der Waals surface area contributed by atoms with Gasteiger partial charge in [-0.15, -0.1) is 0 Å². The van der Waals surface area contributed by atoms with Crippen molar-refractivity contribution in [1.82, 2.24) is 15.3 Å². The van der Waals surface area contributed by atoms with E-state index >= 15 is 0 Å². The van der Waals surface area contributed by atoms with Crippen LogP contribution in [0.25, 0.3) is 10.9 Å². The van der Waals surface area contributed by atoms with Gasteiger partial charge in [0.2, 0.25) is 0 Å². The fourth-order valence-electron chi connectivity index (χ4n) is 2.20. The van der Waals surface area contributed by atoms with Crippen LogP contribution >= 0.6 is 0 Å². The number of nitrogen functional groups attached to an aromatic ring is 1. The summed E-state index contributed by atoms with van der Waals surface area (Å²) in [5, 5.41) is 4.16. The molecule has 0 bridgehead atoms. The van der Waals surface area contributed by atoms with Crippen LogP contribution in [0.4, 0.5) is 5.82 Å². The van der Waals surface area contributed by atoms with Crippen LogP contribution in [0.15, 0.2) is 24.3 Å². The van der Waals surface area contributed by atoms with E-state index < -0.39 is 0 Å². The first kappa shape index (κ1) is 11.2. The van der Waals surface area contributed by atoms with Crippen LogP contribution in [0, 0.1) is 0 Å². The third-order valence-electron chi connectivity index (χ3n) is 3.14. The summed E-state index contributed by atoms with van der Waals surface area (Å²) in [6.45, 7) is 1.90. The van der Waals surface area contributed by atoms with Gasteiger partial charge in [0.05, 0.1) is 5.52 Å². The molecular weight excluding hydrogens is 228 g/mol. The van der Waals surface area contributed by atoms with E-state index in [0.29, 0.717) is 11.8 Å². The lowest BCUT2D eigenvalue weighted by atomic mass is 10.1. The van der Waals surface area contributed by atoms with Crippen molar-refractivity contribution in [3.63, 3.8) is 0 Å². The zero-order valence-corrected chi connectivity index (χ0v) is 10.1. The summed E-state index contributed by atoms with van der Waals surface area (Å²) >= 11 is 0. The van der Waals surface area contributed by atoms with E-state index in [1.807, 2.05) is 24.3 Å². The highest BCUT2D eigenvalue weighted by molar-refractivity contribution is 5.88. The molecule has 0 unspecified atom stereocenters. The van der Waals surface area contributed by atoms with Crippen molar-refractivity contribution in [2.75, 3.05) is 18.8 Å². The molecule has 3 rings (SSSR count). The Hall–Kier alpha value is -1.88. The Balaban J connectivity index is 1.87. The summed E-state index contributed by atoms with van der Waals surface area (Å²) in [5.74, 6) is 0.472. The van der Waals surface area contributed by atoms with Gasteiger partial charge in [0.1, 0.15) is 11.9 Å². The fraction of sp³-hybridized carbons (Fsp3) is 0.385. The lowest BCUT2D eigenvalue weighted by Gasteiger charge is -2.22. The number of hydrogen-bond acceptors (Lipinski definition) is 5. The predicted octanol–water partition coefficient (Wildman–Crippen LogP) is 1.34. The maximum atomic E-state index is 5.92. The first-order chi connectivity index (χ1) is 8.83. The zero-order chi connectivity index (χ0) is 12.4. The van der Waals surface area contributed by atoms with Gasteiger partial charge < -0.3 is 15.8 Å². The van der Waals surface area contributed by atoms with Crippen molar-refractivity contribution in [2.24, 2.45) is 0 Å². The highest BCUT2D eigenvalue weighted by Gasteiger charge is 2.16. The Labute approximate surface area is 105 Å². The van der Waals surface area contributed by atoms with Gasteiger partial charge in [-0.25, -0.2) is 0 Å². The van der Waals surface area contributed by atoms with E-state index in [2.05, 4.69) is 15.3 Å². The van der Waals surface area contributed by atoms with Crippen molar-refractivity contribution >= 4 is 16.7 Å². The Kier molecular flexibility index (Phi) is 2.98. The molecule has 0 amide bonds. The first-order valence-corrected chi connectivity index (χ1v) is 6.22. The number of aromatic nitrogens is 2. The quantitative estimate of drug-likeness (QED) is 0.834. The van der Waals surface area contributed by atoms with E-state index in [0.717, 1.165) is 36.8 Å². The van der Waals surface area contributed by atoms with E-state index in [4.69, 9.17) is 10.5 Å². The number of benzene rings is 1. The predicted molar refractivity (Wildman–Crippen MR) is 70.5 cm³/mol. The summed E-state index contributed by atoms with van der Waals surface area (Å²) in [6.07, 6.45) is 2.29. The van der Waals surface area contributed by atoms with Crippen molar-refractivity contribution in [1.29, 1.82) is 0 Å². The van der Waals surface area contributed by atoms with Gasteiger partial charge in [-0.3, -0.25) is 0 Å². The number of fused-ring (bicyclic) bond motifs is 1. The van der Waals surface area contributed by atoms with Crippen LogP contribution < -0.4 is 15.8 Å². The van der Waals surface area contributed by atoms with Crippen LogP contribution in [-0.4, -0.2) is 29.2 Å². The molecule has 1 aliphatic heterocycles. The van der Waals surface area contributed by atoms with Crippen LogP contribution in [0.5, 0.6) is 6.01 Å². The maximum absolute atomic E-state index is 5.92. The monoisotopic (exact) mass is 244 g/mol. The normalized spacial score (nSPS) is 19.9. The van der Waals surface area contributed by atoms with E-state index in [1.165, 1.54) is 0 Å². The van der Waals surface area contributed by atoms with E-state index in [1.54, 1.807) is 0 Å². The van der Waals surface area contributed by atoms with Crippen molar-refractivity contribution in [3.05, 3.63) is 24.3 Å². The molecule has 5 heteroatoms. The number of anilines is 1. The number of nitrogens with zero attached hydrogens (tertiary/aromatic N) is 2.